The summed E-state index contributed by atoms with van der Waals surface area (Å²) < 4.78 is 14.3. The topological polar surface area (TPSA) is 154 Å². The first-order chi connectivity index (χ1) is 30.5. The van der Waals surface area contributed by atoms with Crippen LogP contribution in [0.25, 0.3) is 33.4 Å². The van der Waals surface area contributed by atoms with Gasteiger partial charge >= 0.3 is 12.0 Å². The van der Waals surface area contributed by atoms with Crippen LogP contribution in [0, 0.1) is 16.7 Å². The number of hydrazine groups is 1. The van der Waals surface area contributed by atoms with Gasteiger partial charge < -0.3 is 34.1 Å². The first-order valence-corrected chi connectivity index (χ1v) is 23.7. The summed E-state index contributed by atoms with van der Waals surface area (Å²) >= 11 is 1.44. The zero-order chi connectivity index (χ0) is 45.7. The Labute approximate surface area is 380 Å². The smallest absolute Gasteiger partial charge is 0.324 e. The predicted octanol–water partition coefficient (Wildman–Crippen LogP) is 5.92. The maximum absolute atomic E-state index is 14.6. The molecule has 4 amide bonds. The second kappa shape index (κ2) is 18.2. The number of nitrogens with zero attached hydrogens (tertiary/aromatic N) is 7. The van der Waals surface area contributed by atoms with Gasteiger partial charge in [-0.2, -0.15) is 0 Å². The van der Waals surface area contributed by atoms with Gasteiger partial charge in [0, 0.05) is 104 Å². The van der Waals surface area contributed by atoms with Crippen LogP contribution in [0.5, 0.6) is 0 Å². The van der Waals surface area contributed by atoms with Gasteiger partial charge in [0.2, 0.25) is 5.91 Å². The number of fused-ring (bicyclic) bond motifs is 6. The van der Waals surface area contributed by atoms with Gasteiger partial charge in [0.05, 0.1) is 34.8 Å². The van der Waals surface area contributed by atoms with E-state index in [2.05, 4.69) is 72.3 Å². The van der Waals surface area contributed by atoms with E-state index >= 15 is 0 Å². The number of likely N-dealkylation sites (tertiary alicyclic amines) is 2. The van der Waals surface area contributed by atoms with Crippen LogP contribution in [-0.2, 0) is 43.2 Å². The number of likely N-dealkylation sites (N-methyl/N-ethyl adjacent to an activating group) is 1. The Hall–Kier alpha value is -4.90. The number of rotatable bonds is 8. The number of pyridine rings is 1. The van der Waals surface area contributed by atoms with Crippen molar-refractivity contribution in [3.63, 3.8) is 0 Å². The van der Waals surface area contributed by atoms with E-state index in [1.807, 2.05) is 37.1 Å². The fourth-order valence-corrected chi connectivity index (χ4v) is 11.4. The summed E-state index contributed by atoms with van der Waals surface area (Å²) in [6, 6.07) is 7.68. The number of nitrogens with one attached hydrogen (secondary N) is 2. The highest BCUT2D eigenvalue weighted by atomic mass is 32.1. The highest BCUT2D eigenvalue weighted by molar-refractivity contribution is 7.10. The van der Waals surface area contributed by atoms with Gasteiger partial charge in [-0.15, -0.1) is 11.3 Å². The summed E-state index contributed by atoms with van der Waals surface area (Å²) in [6.07, 6.45) is 4.27. The molecular formula is C48H65N9O6S. The van der Waals surface area contributed by atoms with E-state index in [1.54, 1.807) is 20.4 Å². The van der Waals surface area contributed by atoms with Crippen molar-refractivity contribution in [2.45, 2.75) is 104 Å². The molecule has 2 N–H and O–H groups in total. The van der Waals surface area contributed by atoms with Crippen LogP contribution in [0.4, 0.5) is 4.79 Å². The monoisotopic (exact) mass is 895 g/mol. The van der Waals surface area contributed by atoms with Crippen molar-refractivity contribution in [3.8, 4) is 22.5 Å². The molecule has 4 aliphatic rings. The molecule has 344 valence electrons. The maximum atomic E-state index is 14.6. The Kier molecular flexibility index (Phi) is 13.0. The van der Waals surface area contributed by atoms with Crippen LogP contribution in [0.15, 0.2) is 41.9 Å². The van der Waals surface area contributed by atoms with E-state index in [4.69, 9.17) is 19.4 Å². The predicted molar refractivity (Wildman–Crippen MR) is 247 cm³/mol. The third-order valence-electron chi connectivity index (χ3n) is 13.7. The first kappa shape index (κ1) is 45.7. The molecule has 0 unspecified atom stereocenters. The normalized spacial score (nSPS) is 22.3. The minimum atomic E-state index is -1.03. The Morgan fingerprint density at radius 2 is 1.91 bits per heavy atom. The molecular weight excluding hydrogens is 831 g/mol. The molecule has 0 saturated carbocycles. The number of esters is 1. The van der Waals surface area contributed by atoms with Crippen LogP contribution in [-0.4, -0.2) is 137 Å². The first-order valence-electron chi connectivity index (χ1n) is 22.8. The summed E-state index contributed by atoms with van der Waals surface area (Å²) in [4.78, 5) is 72.6. The van der Waals surface area contributed by atoms with E-state index < -0.39 is 35.4 Å². The SMILES string of the molecule is CCn1c(-c2cccnc2[C@H](C)OC)c2c3cc(ccc31)-c1csc(n1)C[C@H](NC(=O)[C@H](C(C)C)N(C)C(=O)N1CCC3(CN(C)C3)C1)C(=O)N1CCC[C@H](N1)C(=O)OCC(C)(C)C2. The van der Waals surface area contributed by atoms with Gasteiger partial charge in [0.1, 0.15) is 18.1 Å². The number of aromatic nitrogens is 3. The lowest BCUT2D eigenvalue weighted by atomic mass is 9.79. The average molecular weight is 896 g/mol. The largest absolute Gasteiger partial charge is 0.464 e. The molecule has 7 heterocycles. The van der Waals surface area contributed by atoms with Crippen molar-refractivity contribution in [1.29, 1.82) is 0 Å². The van der Waals surface area contributed by atoms with Crippen molar-refractivity contribution in [1.82, 2.24) is 45.0 Å². The molecule has 8 rings (SSSR count). The fourth-order valence-electron chi connectivity index (χ4n) is 10.5. The second-order valence-corrected chi connectivity index (χ2v) is 20.6. The molecule has 0 aliphatic carbocycles. The van der Waals surface area contributed by atoms with Crippen LogP contribution in [0.2, 0.25) is 0 Å². The fraction of sp³-hybridized carbons (Fsp3) is 0.583. The highest BCUT2D eigenvalue weighted by Gasteiger charge is 2.48. The quantitative estimate of drug-likeness (QED) is 0.204. The Bertz CT molecular complexity index is 2400. The van der Waals surface area contributed by atoms with E-state index in [0.717, 1.165) is 64.2 Å². The van der Waals surface area contributed by atoms with Crippen molar-refractivity contribution < 1.29 is 28.7 Å². The third-order valence-corrected chi connectivity index (χ3v) is 14.6. The zero-order valence-electron chi connectivity index (χ0n) is 38.9. The molecule has 3 fully saturated rings. The summed E-state index contributed by atoms with van der Waals surface area (Å²) in [6.45, 7) is 16.6. The number of carbonyl (C=O) groups is 4. The molecule has 3 saturated heterocycles. The summed E-state index contributed by atoms with van der Waals surface area (Å²) in [5.74, 6) is -1.47. The standard InChI is InChI=1S/C48H65N9O6S/c1-10-56-38-16-15-31-21-33(38)34(42(56)32-13-11-18-49-40(32)30(4)62-9)23-47(5,6)28-63-45(60)35-14-12-19-57(52-35)44(59)36(22-39-50-37(31)24-64-39)51-43(58)41(29(2)3)54(8)46(61)55-20-17-48(27-55)25-53(7)26-48/h11,13,15-16,18,21,24,29-30,35-36,41,52H,10,12,14,17,19-20,22-23,25-28H2,1-9H3,(H,51,58)/t30-,35-,36-,41-/m0/s1. The molecule has 64 heavy (non-hydrogen) atoms. The molecule has 4 aliphatic heterocycles. The second-order valence-electron chi connectivity index (χ2n) is 19.7. The minimum Gasteiger partial charge on any atom is -0.464 e. The van der Waals surface area contributed by atoms with Crippen LogP contribution in [0.3, 0.4) is 0 Å². The van der Waals surface area contributed by atoms with E-state index in [1.165, 1.54) is 21.2 Å². The van der Waals surface area contributed by atoms with E-state index in [0.29, 0.717) is 50.4 Å². The number of cyclic esters (lactones) is 1. The lowest BCUT2D eigenvalue weighted by Crippen LogP contribution is -2.62. The van der Waals surface area contributed by atoms with Crippen molar-refractivity contribution in [3.05, 3.63) is 58.2 Å². The maximum Gasteiger partial charge on any atom is 0.324 e. The zero-order valence-corrected chi connectivity index (χ0v) is 39.7. The van der Waals surface area contributed by atoms with Crippen LogP contribution >= 0.6 is 11.3 Å². The molecule has 3 aromatic heterocycles. The van der Waals surface area contributed by atoms with Crippen molar-refractivity contribution >= 4 is 46.1 Å². The van der Waals surface area contributed by atoms with Crippen molar-refractivity contribution in [2.24, 2.45) is 16.7 Å². The Morgan fingerprint density at radius 3 is 2.62 bits per heavy atom. The molecule has 15 nitrogen and oxygen atoms in total. The number of methoxy groups -OCH3 is 1. The summed E-state index contributed by atoms with van der Waals surface area (Å²) in [5.41, 5.74) is 9.55. The summed E-state index contributed by atoms with van der Waals surface area (Å²) in [5, 5.41) is 8.27. The lowest BCUT2D eigenvalue weighted by molar-refractivity contribution is -0.155. The Balaban J connectivity index is 1.15. The number of hydrogen-bond donors (Lipinski definition) is 2. The Morgan fingerprint density at radius 1 is 1.12 bits per heavy atom. The van der Waals surface area contributed by atoms with Gasteiger partial charge in [-0.25, -0.2) is 15.2 Å². The van der Waals surface area contributed by atoms with Crippen molar-refractivity contribution in [2.75, 3.05) is 60.5 Å². The molecule has 0 radical (unpaired) electrons. The average Bonchev–Trinajstić information content (AvgIpc) is 4.00. The number of ether oxygens (including phenoxy) is 2. The molecule has 4 atom stereocenters. The van der Waals surface area contributed by atoms with Gasteiger partial charge in [0.15, 0.2) is 0 Å². The van der Waals surface area contributed by atoms with Gasteiger partial charge in [-0.3, -0.25) is 24.4 Å². The number of amides is 4. The van der Waals surface area contributed by atoms with Crippen LogP contribution in [0.1, 0.15) is 83.2 Å². The highest BCUT2D eigenvalue weighted by Crippen LogP contribution is 2.42. The number of urea groups is 1. The van der Waals surface area contributed by atoms with Gasteiger partial charge in [-0.05, 0) is 82.3 Å². The van der Waals surface area contributed by atoms with E-state index in [-0.39, 0.29) is 42.4 Å². The molecule has 1 spiro atoms. The lowest BCUT2D eigenvalue weighted by Gasteiger charge is -2.46. The molecule has 1 aromatic carbocycles. The number of aryl methyl sites for hydroxylation is 1. The van der Waals surface area contributed by atoms with Gasteiger partial charge in [-0.1, -0.05) is 33.8 Å². The number of benzene rings is 1. The molecule has 6 bridgehead atoms. The molecule has 16 heteroatoms. The third kappa shape index (κ3) is 8.90. The number of carbonyl (C=O) groups excluding carboxylic acids is 4. The summed E-state index contributed by atoms with van der Waals surface area (Å²) in [7, 11) is 5.47. The van der Waals surface area contributed by atoms with Gasteiger partial charge in [0.25, 0.3) is 5.91 Å². The number of hydrogen-bond acceptors (Lipinski definition) is 11. The van der Waals surface area contributed by atoms with Crippen LogP contribution < -0.4 is 10.7 Å². The molecule has 4 aromatic rings. The van der Waals surface area contributed by atoms with E-state index in [9.17, 15) is 19.2 Å². The minimum absolute atomic E-state index is 0.118. The number of thiazole rings is 1.